The highest BCUT2D eigenvalue weighted by molar-refractivity contribution is 7.99. The third-order valence-electron chi connectivity index (χ3n) is 4.90. The lowest BCUT2D eigenvalue weighted by molar-refractivity contribution is -0.126. The Morgan fingerprint density at radius 1 is 0.846 bits per heavy atom. The molecule has 2 N–H and O–H groups in total. The number of carbonyl (C=O) groups excluding carboxylic acids is 2. The molecule has 1 fully saturated rings. The molecule has 1 saturated carbocycles. The predicted octanol–water partition coefficient (Wildman–Crippen LogP) is 4.61. The van der Waals surface area contributed by atoms with Crippen molar-refractivity contribution in [2.45, 2.75) is 41.9 Å². The van der Waals surface area contributed by atoms with Crippen molar-refractivity contribution in [1.29, 1.82) is 0 Å². The lowest BCUT2D eigenvalue weighted by Gasteiger charge is -2.31. The number of carbonyl (C=O) groups is 2. The fraction of sp³-hybridized carbons (Fsp3) is 0.300. The maximum Gasteiger partial charge on any atom is 0.345 e. The van der Waals surface area contributed by atoms with E-state index in [0.717, 1.165) is 46.8 Å². The summed E-state index contributed by atoms with van der Waals surface area (Å²) in [4.78, 5) is 28.9. The van der Waals surface area contributed by atoms with Gasteiger partial charge in [-0.1, -0.05) is 55.3 Å². The summed E-state index contributed by atoms with van der Waals surface area (Å²) in [5, 5.41) is 0. The van der Waals surface area contributed by atoms with Crippen LogP contribution in [0.25, 0.3) is 0 Å². The van der Waals surface area contributed by atoms with Gasteiger partial charge in [-0.2, -0.15) is 0 Å². The van der Waals surface area contributed by atoms with E-state index in [1.807, 2.05) is 48.5 Å². The zero-order valence-electron chi connectivity index (χ0n) is 14.4. The standard InChI is InChI=1S/C20H21N3O2S/c24-19(14-8-2-1-3-9-14)21-22-20(25)23-15-10-4-6-12-17(15)26-18-13-7-5-11-16(18)23/h4-7,10-14H,1-3,8-9H2,(H,21,24)(H,22,25). The Labute approximate surface area is 157 Å². The molecule has 0 spiro atoms. The van der Waals surface area contributed by atoms with E-state index >= 15 is 0 Å². The minimum Gasteiger partial charge on any atom is -0.273 e. The molecule has 0 atom stereocenters. The molecule has 26 heavy (non-hydrogen) atoms. The molecule has 5 nitrogen and oxygen atoms in total. The first-order valence-electron chi connectivity index (χ1n) is 9.00. The molecular weight excluding hydrogens is 346 g/mol. The van der Waals surface area contributed by atoms with E-state index < -0.39 is 0 Å². The second kappa shape index (κ2) is 7.41. The van der Waals surface area contributed by atoms with Crippen molar-refractivity contribution < 1.29 is 9.59 Å². The van der Waals surface area contributed by atoms with E-state index in [1.165, 1.54) is 6.42 Å². The third kappa shape index (κ3) is 3.29. The summed E-state index contributed by atoms with van der Waals surface area (Å²) in [5.74, 6) is -0.0912. The summed E-state index contributed by atoms with van der Waals surface area (Å²) in [6.07, 6.45) is 5.14. The Balaban J connectivity index is 1.53. The molecule has 2 aromatic carbocycles. The minimum absolute atomic E-state index is 0.000494. The molecule has 1 heterocycles. The molecule has 0 unspecified atom stereocenters. The van der Waals surface area contributed by atoms with Gasteiger partial charge in [0.1, 0.15) is 0 Å². The second-order valence-corrected chi connectivity index (χ2v) is 7.71. The number of rotatable bonds is 1. The summed E-state index contributed by atoms with van der Waals surface area (Å²) in [6.45, 7) is 0. The maximum atomic E-state index is 12.9. The first kappa shape index (κ1) is 17.0. The largest absolute Gasteiger partial charge is 0.345 e. The van der Waals surface area contributed by atoms with Crippen LogP contribution in [0.2, 0.25) is 0 Å². The Bertz CT molecular complexity index is 788. The average Bonchev–Trinajstić information content (AvgIpc) is 2.70. The number of para-hydroxylation sites is 2. The van der Waals surface area contributed by atoms with Crippen molar-refractivity contribution in [1.82, 2.24) is 10.9 Å². The van der Waals surface area contributed by atoms with Gasteiger partial charge in [-0.15, -0.1) is 0 Å². The normalized spacial score (nSPS) is 16.4. The van der Waals surface area contributed by atoms with Crippen LogP contribution >= 0.6 is 11.8 Å². The molecular formula is C20H21N3O2S. The van der Waals surface area contributed by atoms with Gasteiger partial charge in [0.2, 0.25) is 5.91 Å². The highest BCUT2D eigenvalue weighted by Crippen LogP contribution is 2.47. The summed E-state index contributed by atoms with van der Waals surface area (Å²) >= 11 is 1.64. The zero-order valence-corrected chi connectivity index (χ0v) is 15.2. The number of hydrazine groups is 1. The van der Waals surface area contributed by atoms with Crippen molar-refractivity contribution in [2.75, 3.05) is 4.90 Å². The molecule has 0 saturated heterocycles. The van der Waals surface area contributed by atoms with E-state index in [0.29, 0.717) is 0 Å². The van der Waals surface area contributed by atoms with Gasteiger partial charge in [-0.3, -0.25) is 15.1 Å². The summed E-state index contributed by atoms with van der Waals surface area (Å²) in [5.41, 5.74) is 6.87. The second-order valence-electron chi connectivity index (χ2n) is 6.63. The monoisotopic (exact) mass is 367 g/mol. The van der Waals surface area contributed by atoms with Crippen molar-refractivity contribution in [3.8, 4) is 0 Å². The van der Waals surface area contributed by atoms with Crippen LogP contribution in [0.15, 0.2) is 58.3 Å². The van der Waals surface area contributed by atoms with Crippen molar-refractivity contribution in [3.63, 3.8) is 0 Å². The molecule has 1 aliphatic carbocycles. The predicted molar refractivity (Wildman–Crippen MR) is 102 cm³/mol. The van der Waals surface area contributed by atoms with E-state index in [-0.39, 0.29) is 17.9 Å². The Morgan fingerprint density at radius 3 is 2.04 bits per heavy atom. The number of amides is 3. The SMILES string of the molecule is O=C(NNC(=O)N1c2ccccc2Sc2ccccc21)C1CCCCC1. The smallest absolute Gasteiger partial charge is 0.273 e. The van der Waals surface area contributed by atoms with Gasteiger partial charge in [0.05, 0.1) is 11.4 Å². The van der Waals surface area contributed by atoms with Crippen LogP contribution < -0.4 is 15.8 Å². The third-order valence-corrected chi connectivity index (χ3v) is 6.03. The molecule has 0 aromatic heterocycles. The Kier molecular flexibility index (Phi) is 4.84. The maximum absolute atomic E-state index is 12.9. The number of hydrogen-bond donors (Lipinski definition) is 2. The number of nitrogens with zero attached hydrogens (tertiary/aromatic N) is 1. The molecule has 1 aliphatic heterocycles. The number of nitrogens with one attached hydrogen (secondary N) is 2. The van der Waals surface area contributed by atoms with Gasteiger partial charge in [-0.05, 0) is 37.1 Å². The van der Waals surface area contributed by atoms with E-state index in [2.05, 4.69) is 10.9 Å². The molecule has 4 rings (SSSR count). The van der Waals surface area contributed by atoms with Gasteiger partial charge in [-0.25, -0.2) is 10.2 Å². The molecule has 0 bridgehead atoms. The first-order chi connectivity index (χ1) is 12.7. The minimum atomic E-state index is -0.352. The van der Waals surface area contributed by atoms with Crippen molar-refractivity contribution >= 4 is 35.1 Å². The molecule has 2 aromatic rings. The lowest BCUT2D eigenvalue weighted by atomic mass is 9.89. The van der Waals surface area contributed by atoms with Crippen LogP contribution in [0.5, 0.6) is 0 Å². The van der Waals surface area contributed by atoms with Crippen LogP contribution in [0.4, 0.5) is 16.2 Å². The first-order valence-corrected chi connectivity index (χ1v) is 9.81. The van der Waals surface area contributed by atoms with E-state index in [4.69, 9.17) is 0 Å². The zero-order chi connectivity index (χ0) is 17.9. The summed E-state index contributed by atoms with van der Waals surface area (Å²) in [7, 11) is 0. The molecule has 2 aliphatic rings. The summed E-state index contributed by atoms with van der Waals surface area (Å²) in [6, 6.07) is 15.2. The van der Waals surface area contributed by atoms with Gasteiger partial charge in [0.25, 0.3) is 0 Å². The highest BCUT2D eigenvalue weighted by atomic mass is 32.2. The fourth-order valence-electron chi connectivity index (χ4n) is 3.56. The number of benzene rings is 2. The fourth-order valence-corrected chi connectivity index (χ4v) is 4.62. The van der Waals surface area contributed by atoms with Gasteiger partial charge in [0.15, 0.2) is 0 Å². The average molecular weight is 367 g/mol. The van der Waals surface area contributed by atoms with Crippen molar-refractivity contribution in [2.24, 2.45) is 5.92 Å². The number of hydrogen-bond acceptors (Lipinski definition) is 3. The van der Waals surface area contributed by atoms with Crippen LogP contribution in [0.3, 0.4) is 0 Å². The van der Waals surface area contributed by atoms with E-state index in [1.54, 1.807) is 16.7 Å². The van der Waals surface area contributed by atoms with Crippen molar-refractivity contribution in [3.05, 3.63) is 48.5 Å². The quantitative estimate of drug-likeness (QED) is 0.724. The number of fused-ring (bicyclic) bond motifs is 2. The molecule has 3 amide bonds. The molecule has 134 valence electrons. The van der Waals surface area contributed by atoms with Crippen LogP contribution in [-0.2, 0) is 4.79 Å². The van der Waals surface area contributed by atoms with Crippen LogP contribution in [-0.4, -0.2) is 11.9 Å². The molecule has 0 radical (unpaired) electrons. The van der Waals surface area contributed by atoms with Crippen LogP contribution in [0, 0.1) is 5.92 Å². The lowest BCUT2D eigenvalue weighted by Crippen LogP contribution is -2.49. The topological polar surface area (TPSA) is 61.4 Å². The number of urea groups is 1. The van der Waals surface area contributed by atoms with E-state index in [9.17, 15) is 9.59 Å². The highest BCUT2D eigenvalue weighted by Gasteiger charge is 2.29. The van der Waals surface area contributed by atoms with Gasteiger partial charge >= 0.3 is 6.03 Å². The summed E-state index contributed by atoms with van der Waals surface area (Å²) < 4.78 is 0. The van der Waals surface area contributed by atoms with Crippen LogP contribution in [0.1, 0.15) is 32.1 Å². The molecule has 6 heteroatoms. The van der Waals surface area contributed by atoms with Gasteiger partial charge < -0.3 is 0 Å². The Hall–Kier alpha value is -2.47. The van der Waals surface area contributed by atoms with Gasteiger partial charge in [0, 0.05) is 15.7 Å². The number of anilines is 2. The Morgan fingerprint density at radius 2 is 1.42 bits per heavy atom.